The molecule has 106 valence electrons. The molecule has 1 rings (SSSR count). The van der Waals surface area contributed by atoms with Crippen molar-refractivity contribution >= 4 is 11.7 Å². The maximum absolute atomic E-state index is 10.8. The lowest BCUT2D eigenvalue weighted by Crippen LogP contribution is -2.34. The lowest BCUT2D eigenvalue weighted by atomic mass is 10.1. The molecule has 0 fully saturated rings. The minimum absolute atomic E-state index is 0.172. The van der Waals surface area contributed by atoms with Crippen molar-refractivity contribution in [2.75, 3.05) is 38.6 Å². The summed E-state index contributed by atoms with van der Waals surface area (Å²) in [5, 5.41) is 8.88. The molecule has 19 heavy (non-hydrogen) atoms. The van der Waals surface area contributed by atoms with Gasteiger partial charge in [0.25, 0.3) is 0 Å². The standard InChI is InChI=1S/C15H24N2O2/c1-4-13-7-5-6-8-14(13)17(10-9-15(18)19)12-11-16(2)3/h5-8H,4,9-12H2,1-3H3,(H,18,19). The molecular formula is C15H24N2O2. The largest absolute Gasteiger partial charge is 0.481 e. The quantitative estimate of drug-likeness (QED) is 0.781. The number of aryl methyl sites for hydroxylation is 1. The molecule has 0 saturated carbocycles. The molecule has 0 saturated heterocycles. The minimum atomic E-state index is -0.746. The van der Waals surface area contributed by atoms with E-state index in [0.29, 0.717) is 6.54 Å². The normalized spacial score (nSPS) is 10.7. The Kier molecular flexibility index (Phi) is 6.36. The van der Waals surface area contributed by atoms with Gasteiger partial charge >= 0.3 is 5.97 Å². The van der Waals surface area contributed by atoms with Crippen LogP contribution in [0.4, 0.5) is 5.69 Å². The molecule has 0 aliphatic rings. The summed E-state index contributed by atoms with van der Waals surface area (Å²) in [5.74, 6) is -0.746. The SMILES string of the molecule is CCc1ccccc1N(CCC(=O)O)CCN(C)C. The second-order valence-corrected chi connectivity index (χ2v) is 4.92. The van der Waals surface area contributed by atoms with Crippen LogP contribution in [0.15, 0.2) is 24.3 Å². The summed E-state index contributed by atoms with van der Waals surface area (Å²) < 4.78 is 0. The molecule has 0 radical (unpaired) electrons. The summed E-state index contributed by atoms with van der Waals surface area (Å²) >= 11 is 0. The molecule has 0 aliphatic carbocycles. The topological polar surface area (TPSA) is 43.8 Å². The number of rotatable bonds is 8. The number of carboxylic acid groups (broad SMARTS) is 1. The van der Waals surface area contributed by atoms with Crippen LogP contribution in [-0.4, -0.2) is 49.7 Å². The lowest BCUT2D eigenvalue weighted by molar-refractivity contribution is -0.136. The lowest BCUT2D eigenvalue weighted by Gasteiger charge is -2.27. The van der Waals surface area contributed by atoms with Crippen LogP contribution in [0.5, 0.6) is 0 Å². The Morgan fingerprint density at radius 2 is 1.84 bits per heavy atom. The molecule has 0 amide bonds. The van der Waals surface area contributed by atoms with Crippen molar-refractivity contribution < 1.29 is 9.90 Å². The first kappa shape index (κ1) is 15.5. The van der Waals surface area contributed by atoms with Crippen LogP contribution in [0.1, 0.15) is 18.9 Å². The van der Waals surface area contributed by atoms with Gasteiger partial charge in [0, 0.05) is 25.3 Å². The second-order valence-electron chi connectivity index (χ2n) is 4.92. The van der Waals surface area contributed by atoms with E-state index in [0.717, 1.165) is 25.2 Å². The molecule has 0 heterocycles. The fourth-order valence-corrected chi connectivity index (χ4v) is 2.02. The highest BCUT2D eigenvalue weighted by Gasteiger charge is 2.11. The van der Waals surface area contributed by atoms with Crippen molar-refractivity contribution in [1.82, 2.24) is 4.90 Å². The number of carboxylic acids is 1. The molecule has 4 heteroatoms. The van der Waals surface area contributed by atoms with E-state index in [1.807, 2.05) is 26.2 Å². The van der Waals surface area contributed by atoms with Crippen LogP contribution in [0.3, 0.4) is 0 Å². The molecule has 4 nitrogen and oxygen atoms in total. The van der Waals surface area contributed by atoms with Crippen molar-refractivity contribution in [2.24, 2.45) is 0 Å². The Balaban J connectivity index is 2.83. The van der Waals surface area contributed by atoms with E-state index >= 15 is 0 Å². The highest BCUT2D eigenvalue weighted by atomic mass is 16.4. The highest BCUT2D eigenvalue weighted by Crippen LogP contribution is 2.21. The number of anilines is 1. The highest BCUT2D eigenvalue weighted by molar-refractivity contribution is 5.68. The van der Waals surface area contributed by atoms with Crippen LogP contribution in [-0.2, 0) is 11.2 Å². The monoisotopic (exact) mass is 264 g/mol. The van der Waals surface area contributed by atoms with Crippen molar-refractivity contribution in [2.45, 2.75) is 19.8 Å². The third kappa shape index (κ3) is 5.30. The van der Waals surface area contributed by atoms with Crippen LogP contribution in [0.2, 0.25) is 0 Å². The Labute approximate surface area is 115 Å². The van der Waals surface area contributed by atoms with E-state index in [-0.39, 0.29) is 6.42 Å². The summed E-state index contributed by atoms with van der Waals surface area (Å²) in [6, 6.07) is 8.23. The molecular weight excluding hydrogens is 240 g/mol. The van der Waals surface area contributed by atoms with Gasteiger partial charge in [0.1, 0.15) is 0 Å². The third-order valence-electron chi connectivity index (χ3n) is 3.13. The Hall–Kier alpha value is -1.55. The van der Waals surface area contributed by atoms with Crippen molar-refractivity contribution in [3.8, 4) is 0 Å². The number of aliphatic carboxylic acids is 1. The number of benzene rings is 1. The zero-order valence-electron chi connectivity index (χ0n) is 12.1. The Morgan fingerprint density at radius 3 is 2.42 bits per heavy atom. The fourth-order valence-electron chi connectivity index (χ4n) is 2.02. The van der Waals surface area contributed by atoms with Gasteiger partial charge < -0.3 is 14.9 Å². The smallest absolute Gasteiger partial charge is 0.305 e. The van der Waals surface area contributed by atoms with Crippen LogP contribution in [0, 0.1) is 0 Å². The number of likely N-dealkylation sites (N-methyl/N-ethyl adjacent to an activating group) is 1. The van der Waals surface area contributed by atoms with Gasteiger partial charge in [0.05, 0.1) is 6.42 Å². The van der Waals surface area contributed by atoms with Crippen molar-refractivity contribution in [1.29, 1.82) is 0 Å². The van der Waals surface area contributed by atoms with Gasteiger partial charge in [0.2, 0.25) is 0 Å². The molecule has 1 aromatic carbocycles. The zero-order chi connectivity index (χ0) is 14.3. The zero-order valence-corrected chi connectivity index (χ0v) is 12.1. The van der Waals surface area contributed by atoms with Gasteiger partial charge in [-0.1, -0.05) is 25.1 Å². The van der Waals surface area contributed by atoms with Crippen molar-refractivity contribution in [3.05, 3.63) is 29.8 Å². The molecule has 0 unspecified atom stereocenters. The van der Waals surface area contributed by atoms with Crippen LogP contribution < -0.4 is 4.90 Å². The first-order chi connectivity index (χ1) is 9.04. The number of carbonyl (C=O) groups is 1. The van der Waals surface area contributed by atoms with Crippen LogP contribution in [0.25, 0.3) is 0 Å². The summed E-state index contributed by atoms with van der Waals surface area (Å²) in [7, 11) is 4.06. The summed E-state index contributed by atoms with van der Waals surface area (Å²) in [6.07, 6.45) is 1.13. The maximum Gasteiger partial charge on any atom is 0.305 e. The number of nitrogens with zero attached hydrogens (tertiary/aromatic N) is 2. The number of hydrogen-bond donors (Lipinski definition) is 1. The van der Waals surface area contributed by atoms with Gasteiger partial charge in [-0.25, -0.2) is 0 Å². The van der Waals surface area contributed by atoms with E-state index in [1.54, 1.807) is 0 Å². The number of para-hydroxylation sites is 1. The summed E-state index contributed by atoms with van der Waals surface area (Å²) in [4.78, 5) is 15.1. The Bertz CT molecular complexity index is 405. The predicted octanol–water partition coefficient (Wildman–Crippen LogP) is 2.09. The van der Waals surface area contributed by atoms with E-state index < -0.39 is 5.97 Å². The van der Waals surface area contributed by atoms with E-state index in [1.165, 1.54) is 5.56 Å². The average Bonchev–Trinajstić information content (AvgIpc) is 2.38. The van der Waals surface area contributed by atoms with E-state index in [9.17, 15) is 4.79 Å². The van der Waals surface area contributed by atoms with E-state index in [4.69, 9.17) is 5.11 Å². The maximum atomic E-state index is 10.8. The summed E-state index contributed by atoms with van der Waals surface area (Å²) in [6.45, 7) is 4.44. The molecule has 0 bridgehead atoms. The van der Waals surface area contributed by atoms with Gasteiger partial charge in [0.15, 0.2) is 0 Å². The second kappa shape index (κ2) is 7.79. The molecule has 0 aromatic heterocycles. The summed E-state index contributed by atoms with van der Waals surface area (Å²) in [5.41, 5.74) is 2.43. The van der Waals surface area contributed by atoms with Crippen molar-refractivity contribution in [3.63, 3.8) is 0 Å². The van der Waals surface area contributed by atoms with Gasteiger partial charge in [-0.2, -0.15) is 0 Å². The minimum Gasteiger partial charge on any atom is -0.481 e. The van der Waals surface area contributed by atoms with Gasteiger partial charge in [-0.15, -0.1) is 0 Å². The number of hydrogen-bond acceptors (Lipinski definition) is 3. The van der Waals surface area contributed by atoms with Gasteiger partial charge in [-0.05, 0) is 32.1 Å². The van der Waals surface area contributed by atoms with E-state index in [2.05, 4.69) is 28.9 Å². The fraction of sp³-hybridized carbons (Fsp3) is 0.533. The molecule has 0 atom stereocenters. The molecule has 0 aliphatic heterocycles. The first-order valence-electron chi connectivity index (χ1n) is 6.74. The molecule has 0 spiro atoms. The predicted molar refractivity (Wildman–Crippen MR) is 78.8 cm³/mol. The third-order valence-corrected chi connectivity index (χ3v) is 3.13. The molecule has 1 aromatic rings. The Morgan fingerprint density at radius 1 is 1.16 bits per heavy atom. The average molecular weight is 264 g/mol. The van der Waals surface area contributed by atoms with Gasteiger partial charge in [-0.3, -0.25) is 4.79 Å². The van der Waals surface area contributed by atoms with Crippen LogP contribution >= 0.6 is 0 Å². The molecule has 1 N–H and O–H groups in total. The first-order valence-corrected chi connectivity index (χ1v) is 6.74.